The third kappa shape index (κ3) is 2.15. The second kappa shape index (κ2) is 4.90. The first-order chi connectivity index (χ1) is 9.29. The van der Waals surface area contributed by atoms with E-state index in [1.165, 1.54) is 0 Å². The molecule has 0 spiro atoms. The summed E-state index contributed by atoms with van der Waals surface area (Å²) in [5, 5.41) is 10.5. The second-order valence-corrected chi connectivity index (χ2v) is 4.47. The molecule has 1 atom stereocenters. The molecule has 0 saturated carbocycles. The van der Waals surface area contributed by atoms with E-state index in [2.05, 4.69) is 4.98 Å². The number of fused-ring (bicyclic) bond motifs is 1. The Kier molecular flexibility index (Phi) is 3.09. The highest BCUT2D eigenvalue weighted by Crippen LogP contribution is 2.32. The maximum absolute atomic E-state index is 10.5. The number of ether oxygens (including phenoxy) is 2. The fraction of sp³-hybridized carbons (Fsp3) is 0.267. The monoisotopic (exact) mass is 257 g/mol. The van der Waals surface area contributed by atoms with Gasteiger partial charge in [-0.2, -0.15) is 0 Å². The Balaban J connectivity index is 1.97. The lowest BCUT2D eigenvalue weighted by molar-refractivity contribution is 0.213. The van der Waals surface area contributed by atoms with E-state index in [1.807, 2.05) is 24.3 Å². The molecule has 0 saturated heterocycles. The minimum absolute atomic E-state index is 0.451. The molecule has 1 unspecified atom stereocenters. The molecule has 0 aliphatic carbocycles. The molecule has 1 aliphatic heterocycles. The van der Waals surface area contributed by atoms with E-state index in [9.17, 15) is 5.11 Å². The number of aromatic nitrogens is 1. The molecule has 0 fully saturated rings. The van der Waals surface area contributed by atoms with Gasteiger partial charge in [0.05, 0.1) is 13.7 Å². The van der Waals surface area contributed by atoms with Crippen LogP contribution in [0.15, 0.2) is 36.5 Å². The van der Waals surface area contributed by atoms with Gasteiger partial charge in [-0.1, -0.05) is 6.07 Å². The predicted octanol–water partition coefficient (Wildman–Crippen LogP) is 2.11. The summed E-state index contributed by atoms with van der Waals surface area (Å²) >= 11 is 0. The summed E-state index contributed by atoms with van der Waals surface area (Å²) in [5.41, 5.74) is 2.64. The third-order valence-electron chi connectivity index (χ3n) is 3.32. The van der Waals surface area contributed by atoms with Gasteiger partial charge in [0, 0.05) is 18.2 Å². The van der Waals surface area contributed by atoms with Crippen LogP contribution >= 0.6 is 0 Å². The van der Waals surface area contributed by atoms with Gasteiger partial charge >= 0.3 is 0 Å². The molecule has 0 amide bonds. The van der Waals surface area contributed by atoms with Gasteiger partial charge in [0.15, 0.2) is 0 Å². The molecule has 19 heavy (non-hydrogen) atoms. The molecule has 98 valence electrons. The Morgan fingerprint density at radius 2 is 2.26 bits per heavy atom. The number of rotatable bonds is 3. The number of hydrogen-bond acceptors (Lipinski definition) is 4. The quantitative estimate of drug-likeness (QED) is 0.915. The summed E-state index contributed by atoms with van der Waals surface area (Å²) in [6, 6.07) is 9.38. The van der Waals surface area contributed by atoms with E-state index in [0.717, 1.165) is 23.3 Å². The summed E-state index contributed by atoms with van der Waals surface area (Å²) in [7, 11) is 1.55. The maximum Gasteiger partial charge on any atom is 0.219 e. The van der Waals surface area contributed by atoms with Crippen molar-refractivity contribution in [3.63, 3.8) is 0 Å². The van der Waals surface area contributed by atoms with Crippen LogP contribution in [0, 0.1) is 0 Å². The van der Waals surface area contributed by atoms with Crippen LogP contribution in [-0.2, 0) is 6.42 Å². The van der Waals surface area contributed by atoms with Crippen LogP contribution in [0.4, 0.5) is 0 Å². The van der Waals surface area contributed by atoms with Crippen molar-refractivity contribution in [3.05, 3.63) is 53.2 Å². The summed E-state index contributed by atoms with van der Waals surface area (Å²) < 4.78 is 10.6. The first-order valence-electron chi connectivity index (χ1n) is 6.22. The van der Waals surface area contributed by atoms with Crippen LogP contribution in [0.2, 0.25) is 0 Å². The first-order valence-corrected chi connectivity index (χ1v) is 6.22. The zero-order chi connectivity index (χ0) is 13.2. The van der Waals surface area contributed by atoms with Gasteiger partial charge in [0.25, 0.3) is 0 Å². The molecule has 1 aromatic heterocycles. The lowest BCUT2D eigenvalue weighted by atomic mass is 9.99. The van der Waals surface area contributed by atoms with Crippen LogP contribution in [0.25, 0.3) is 0 Å². The minimum Gasteiger partial charge on any atom is -0.493 e. The van der Waals surface area contributed by atoms with Gasteiger partial charge in [-0.15, -0.1) is 0 Å². The Hall–Kier alpha value is -2.07. The Morgan fingerprint density at radius 1 is 1.37 bits per heavy atom. The summed E-state index contributed by atoms with van der Waals surface area (Å²) in [6.07, 6.45) is 1.79. The number of nitrogens with zero attached hydrogens (tertiary/aromatic N) is 1. The molecule has 2 aromatic rings. The van der Waals surface area contributed by atoms with Crippen molar-refractivity contribution < 1.29 is 14.6 Å². The largest absolute Gasteiger partial charge is 0.493 e. The van der Waals surface area contributed by atoms with Crippen molar-refractivity contribution >= 4 is 0 Å². The van der Waals surface area contributed by atoms with Gasteiger partial charge in [0.2, 0.25) is 5.88 Å². The molecule has 4 heteroatoms. The average Bonchev–Trinajstić information content (AvgIpc) is 2.93. The number of methoxy groups -OCH3 is 1. The highest BCUT2D eigenvalue weighted by molar-refractivity contribution is 5.43. The van der Waals surface area contributed by atoms with Crippen LogP contribution < -0.4 is 9.47 Å². The Morgan fingerprint density at radius 3 is 3.11 bits per heavy atom. The molecule has 1 aromatic carbocycles. The van der Waals surface area contributed by atoms with Crippen LogP contribution in [-0.4, -0.2) is 23.8 Å². The van der Waals surface area contributed by atoms with Crippen molar-refractivity contribution in [2.24, 2.45) is 0 Å². The minimum atomic E-state index is -0.741. The summed E-state index contributed by atoms with van der Waals surface area (Å²) in [6.45, 7) is 0.713. The SMILES string of the molecule is COc1ncccc1C(O)c1ccc2c(c1)CCO2. The van der Waals surface area contributed by atoms with Crippen molar-refractivity contribution in [2.45, 2.75) is 12.5 Å². The van der Waals surface area contributed by atoms with E-state index < -0.39 is 6.10 Å². The average molecular weight is 257 g/mol. The fourth-order valence-electron chi connectivity index (χ4n) is 2.34. The molecule has 3 rings (SSSR count). The number of hydrogen-bond donors (Lipinski definition) is 1. The molecule has 1 N–H and O–H groups in total. The third-order valence-corrected chi connectivity index (χ3v) is 3.32. The molecule has 0 radical (unpaired) electrons. The van der Waals surface area contributed by atoms with Crippen molar-refractivity contribution in [2.75, 3.05) is 13.7 Å². The van der Waals surface area contributed by atoms with Crippen molar-refractivity contribution in [3.8, 4) is 11.6 Å². The van der Waals surface area contributed by atoms with E-state index >= 15 is 0 Å². The van der Waals surface area contributed by atoms with Crippen molar-refractivity contribution in [1.29, 1.82) is 0 Å². The molecular formula is C15H15NO3. The van der Waals surface area contributed by atoms with Gasteiger partial charge in [-0.05, 0) is 35.4 Å². The number of pyridine rings is 1. The van der Waals surface area contributed by atoms with Gasteiger partial charge in [-0.25, -0.2) is 4.98 Å². The highest BCUT2D eigenvalue weighted by atomic mass is 16.5. The normalized spacial score (nSPS) is 14.6. The van der Waals surface area contributed by atoms with Gasteiger partial charge in [-0.3, -0.25) is 0 Å². The fourth-order valence-corrected chi connectivity index (χ4v) is 2.34. The Bertz CT molecular complexity index is 598. The maximum atomic E-state index is 10.5. The van der Waals surface area contributed by atoms with Crippen LogP contribution in [0.3, 0.4) is 0 Å². The highest BCUT2D eigenvalue weighted by Gasteiger charge is 2.19. The van der Waals surface area contributed by atoms with E-state index in [0.29, 0.717) is 18.1 Å². The molecule has 0 bridgehead atoms. The topological polar surface area (TPSA) is 51.6 Å². The first kappa shape index (κ1) is 12.0. The van der Waals surface area contributed by atoms with E-state index in [1.54, 1.807) is 19.4 Å². The molecule has 2 heterocycles. The lowest BCUT2D eigenvalue weighted by Gasteiger charge is -2.14. The standard InChI is InChI=1S/C15H15NO3/c1-18-15-12(3-2-7-16-15)14(17)11-4-5-13-10(9-11)6-8-19-13/h2-5,7,9,14,17H,6,8H2,1H3. The van der Waals surface area contributed by atoms with E-state index in [-0.39, 0.29) is 0 Å². The molecular weight excluding hydrogens is 242 g/mol. The van der Waals surface area contributed by atoms with Gasteiger partial charge < -0.3 is 14.6 Å². The van der Waals surface area contributed by atoms with Crippen molar-refractivity contribution in [1.82, 2.24) is 4.98 Å². The van der Waals surface area contributed by atoms with Crippen LogP contribution in [0.5, 0.6) is 11.6 Å². The lowest BCUT2D eigenvalue weighted by Crippen LogP contribution is -2.04. The number of aliphatic hydroxyl groups is 1. The second-order valence-electron chi connectivity index (χ2n) is 4.47. The smallest absolute Gasteiger partial charge is 0.219 e. The zero-order valence-electron chi connectivity index (χ0n) is 10.7. The number of benzene rings is 1. The molecule has 1 aliphatic rings. The Labute approximate surface area is 111 Å². The summed E-state index contributed by atoms with van der Waals surface area (Å²) in [5.74, 6) is 1.36. The van der Waals surface area contributed by atoms with E-state index in [4.69, 9.17) is 9.47 Å². The zero-order valence-corrected chi connectivity index (χ0v) is 10.7. The predicted molar refractivity (Wildman–Crippen MR) is 70.5 cm³/mol. The molecule has 4 nitrogen and oxygen atoms in total. The number of aliphatic hydroxyl groups excluding tert-OH is 1. The summed E-state index contributed by atoms with van der Waals surface area (Å²) in [4.78, 5) is 4.11. The van der Waals surface area contributed by atoms with Gasteiger partial charge in [0.1, 0.15) is 11.9 Å². The van der Waals surface area contributed by atoms with Crippen LogP contribution in [0.1, 0.15) is 22.8 Å².